The Kier molecular flexibility index (Phi) is 5.01. The number of imidazole rings is 1. The fraction of sp³-hybridized carbons (Fsp3) is 0.467. The summed E-state index contributed by atoms with van der Waals surface area (Å²) in [6.45, 7) is -1.19. The molecule has 2 heterocycles. The Balaban J connectivity index is 1.74. The largest absolute Gasteiger partial charge is 0.351 e. The number of halogens is 2. The third-order valence-corrected chi connectivity index (χ3v) is 6.82. The predicted octanol–water partition coefficient (Wildman–Crippen LogP) is 2.22. The van der Waals surface area contributed by atoms with E-state index >= 15 is 0 Å². The average molecular weight is 389 g/mol. The van der Waals surface area contributed by atoms with Gasteiger partial charge in [0, 0.05) is 6.04 Å². The lowest BCUT2D eigenvalue weighted by molar-refractivity contribution is -0.120. The zero-order chi connectivity index (χ0) is 18.2. The van der Waals surface area contributed by atoms with Gasteiger partial charge in [0.15, 0.2) is 15.0 Å². The summed E-state index contributed by atoms with van der Waals surface area (Å²) in [4.78, 5) is 16.4. The summed E-state index contributed by atoms with van der Waals surface area (Å²) in [5.41, 5.74) is 0.731. The number of benzene rings is 1. The van der Waals surface area contributed by atoms with E-state index in [2.05, 4.69) is 10.3 Å². The van der Waals surface area contributed by atoms with Crippen LogP contribution in [0.4, 0.5) is 8.78 Å². The van der Waals surface area contributed by atoms with Crippen LogP contribution in [0, 0.1) is 0 Å². The van der Waals surface area contributed by atoms with Crippen molar-refractivity contribution >= 4 is 38.5 Å². The topological polar surface area (TPSA) is 81.1 Å². The third kappa shape index (κ3) is 3.95. The summed E-state index contributed by atoms with van der Waals surface area (Å²) in [5, 5.41) is 2.04. The molecule has 2 aromatic rings. The Labute approximate surface area is 147 Å². The van der Waals surface area contributed by atoms with Crippen molar-refractivity contribution in [2.45, 2.75) is 36.3 Å². The Morgan fingerprint density at radius 1 is 1.40 bits per heavy atom. The van der Waals surface area contributed by atoms with Crippen molar-refractivity contribution in [1.29, 1.82) is 0 Å². The van der Waals surface area contributed by atoms with Gasteiger partial charge >= 0.3 is 6.55 Å². The number of amides is 1. The lowest BCUT2D eigenvalue weighted by Crippen LogP contribution is -2.40. The molecule has 1 amide bonds. The van der Waals surface area contributed by atoms with Gasteiger partial charge in [0.1, 0.15) is 0 Å². The van der Waals surface area contributed by atoms with E-state index in [-0.39, 0.29) is 22.6 Å². The Bertz CT molecular complexity index is 899. The first-order chi connectivity index (χ1) is 11.8. The number of para-hydroxylation sites is 2. The summed E-state index contributed by atoms with van der Waals surface area (Å²) in [6, 6.07) is 6.11. The van der Waals surface area contributed by atoms with Gasteiger partial charge in [0.25, 0.3) is 0 Å². The number of hydrogen-bond donors (Lipinski definition) is 1. The number of sulfone groups is 1. The van der Waals surface area contributed by atoms with E-state index in [1.807, 2.05) is 0 Å². The quantitative estimate of drug-likeness (QED) is 0.793. The van der Waals surface area contributed by atoms with Crippen LogP contribution >= 0.6 is 11.8 Å². The third-order valence-electron chi connectivity index (χ3n) is 3.99. The number of rotatable bonds is 5. The summed E-state index contributed by atoms with van der Waals surface area (Å²) in [5.74, 6) is -0.410. The van der Waals surface area contributed by atoms with Gasteiger partial charge in [0.05, 0.1) is 27.8 Å². The van der Waals surface area contributed by atoms with Crippen molar-refractivity contribution in [3.63, 3.8) is 0 Å². The fourth-order valence-corrected chi connectivity index (χ4v) is 5.34. The SMILES string of the molecule is CC(Sc1nc2ccccc2n1C(F)F)C(=O)NC1CCS(=O)(=O)C1. The van der Waals surface area contributed by atoms with Gasteiger partial charge < -0.3 is 5.32 Å². The van der Waals surface area contributed by atoms with Crippen LogP contribution < -0.4 is 5.32 Å². The summed E-state index contributed by atoms with van der Waals surface area (Å²) in [7, 11) is -3.10. The summed E-state index contributed by atoms with van der Waals surface area (Å²) >= 11 is 0.926. The molecule has 1 fully saturated rings. The molecule has 1 saturated heterocycles. The number of aromatic nitrogens is 2. The van der Waals surface area contributed by atoms with E-state index in [0.29, 0.717) is 17.5 Å². The molecule has 136 valence electrons. The van der Waals surface area contributed by atoms with E-state index in [0.717, 1.165) is 16.3 Å². The highest BCUT2D eigenvalue weighted by molar-refractivity contribution is 8.00. The van der Waals surface area contributed by atoms with Crippen LogP contribution in [0.3, 0.4) is 0 Å². The minimum Gasteiger partial charge on any atom is -0.351 e. The molecular weight excluding hydrogens is 372 g/mol. The van der Waals surface area contributed by atoms with Crippen molar-refractivity contribution in [3.05, 3.63) is 24.3 Å². The van der Waals surface area contributed by atoms with Gasteiger partial charge in [-0.3, -0.25) is 9.36 Å². The van der Waals surface area contributed by atoms with Gasteiger partial charge in [-0.2, -0.15) is 8.78 Å². The zero-order valence-electron chi connectivity index (χ0n) is 13.4. The molecule has 10 heteroatoms. The molecule has 2 unspecified atom stereocenters. The first-order valence-corrected chi connectivity index (χ1v) is 10.4. The first kappa shape index (κ1) is 18.1. The maximum atomic E-state index is 13.4. The van der Waals surface area contributed by atoms with Crippen molar-refractivity contribution < 1.29 is 22.0 Å². The number of hydrogen-bond acceptors (Lipinski definition) is 5. The van der Waals surface area contributed by atoms with E-state index in [4.69, 9.17) is 0 Å². The molecule has 1 aliphatic rings. The number of thioether (sulfide) groups is 1. The average Bonchev–Trinajstić information content (AvgIpc) is 3.06. The molecule has 0 spiro atoms. The van der Waals surface area contributed by atoms with Crippen LogP contribution in [0.15, 0.2) is 29.4 Å². The van der Waals surface area contributed by atoms with Gasteiger partial charge in [-0.25, -0.2) is 13.4 Å². The standard InChI is InChI=1S/C15H17F2N3O3S2/c1-9(13(21)18-10-6-7-25(22,23)8-10)24-15-19-11-4-2-3-5-12(11)20(15)14(16)17/h2-5,9-10,14H,6-8H2,1H3,(H,18,21). The van der Waals surface area contributed by atoms with Crippen molar-refractivity contribution in [1.82, 2.24) is 14.9 Å². The van der Waals surface area contributed by atoms with Crippen LogP contribution in [-0.2, 0) is 14.6 Å². The monoisotopic (exact) mass is 389 g/mol. The number of nitrogens with zero attached hydrogens (tertiary/aromatic N) is 2. The van der Waals surface area contributed by atoms with Crippen LogP contribution in [-0.4, -0.2) is 46.7 Å². The van der Waals surface area contributed by atoms with E-state index < -0.39 is 27.7 Å². The molecule has 0 saturated carbocycles. The number of alkyl halides is 2. The second-order valence-electron chi connectivity index (χ2n) is 5.90. The molecule has 1 aromatic carbocycles. The molecule has 6 nitrogen and oxygen atoms in total. The molecular formula is C15H17F2N3O3S2. The fourth-order valence-electron chi connectivity index (χ4n) is 2.73. The second kappa shape index (κ2) is 6.91. The smallest absolute Gasteiger partial charge is 0.321 e. The summed E-state index contributed by atoms with van der Waals surface area (Å²) in [6.07, 6.45) is 0.376. The van der Waals surface area contributed by atoms with Crippen LogP contribution in [0.1, 0.15) is 19.9 Å². The molecule has 0 bridgehead atoms. The van der Waals surface area contributed by atoms with Gasteiger partial charge in [-0.1, -0.05) is 23.9 Å². The molecule has 1 aliphatic heterocycles. The van der Waals surface area contributed by atoms with Crippen LogP contribution in [0.5, 0.6) is 0 Å². The zero-order valence-corrected chi connectivity index (χ0v) is 15.0. The number of carbonyl (C=O) groups excluding carboxylic acids is 1. The Morgan fingerprint density at radius 2 is 2.12 bits per heavy atom. The minimum atomic E-state index is -3.10. The van der Waals surface area contributed by atoms with Crippen molar-refractivity contribution in [3.8, 4) is 0 Å². The highest BCUT2D eigenvalue weighted by Crippen LogP contribution is 2.31. The molecule has 2 atom stereocenters. The first-order valence-electron chi connectivity index (χ1n) is 7.69. The van der Waals surface area contributed by atoms with Gasteiger partial charge in [-0.15, -0.1) is 0 Å². The Morgan fingerprint density at radius 3 is 2.76 bits per heavy atom. The van der Waals surface area contributed by atoms with Crippen LogP contribution in [0.25, 0.3) is 11.0 Å². The maximum Gasteiger partial charge on any atom is 0.321 e. The minimum absolute atomic E-state index is 0.0536. The molecule has 1 N–H and O–H groups in total. The van der Waals surface area contributed by atoms with E-state index in [1.165, 1.54) is 0 Å². The lowest BCUT2D eigenvalue weighted by atomic mass is 10.2. The maximum absolute atomic E-state index is 13.4. The second-order valence-corrected chi connectivity index (χ2v) is 9.44. The normalized spacial score (nSPS) is 20.9. The molecule has 3 rings (SSSR count). The van der Waals surface area contributed by atoms with E-state index in [9.17, 15) is 22.0 Å². The molecule has 25 heavy (non-hydrogen) atoms. The predicted molar refractivity (Wildman–Crippen MR) is 91.5 cm³/mol. The lowest BCUT2D eigenvalue weighted by Gasteiger charge is -2.16. The van der Waals surface area contributed by atoms with Crippen molar-refractivity contribution in [2.24, 2.45) is 0 Å². The number of carbonyl (C=O) groups is 1. The molecule has 1 aromatic heterocycles. The molecule has 0 aliphatic carbocycles. The Hall–Kier alpha value is -1.68. The van der Waals surface area contributed by atoms with E-state index in [1.54, 1.807) is 31.2 Å². The van der Waals surface area contributed by atoms with Gasteiger partial charge in [-0.05, 0) is 25.5 Å². The van der Waals surface area contributed by atoms with Crippen molar-refractivity contribution in [2.75, 3.05) is 11.5 Å². The summed E-state index contributed by atoms with van der Waals surface area (Å²) < 4.78 is 50.5. The highest BCUT2D eigenvalue weighted by atomic mass is 32.2. The number of nitrogens with one attached hydrogen (secondary N) is 1. The number of fused-ring (bicyclic) bond motifs is 1. The van der Waals surface area contributed by atoms with Crippen LogP contribution in [0.2, 0.25) is 0 Å². The van der Waals surface area contributed by atoms with Gasteiger partial charge in [0.2, 0.25) is 5.91 Å². The highest BCUT2D eigenvalue weighted by Gasteiger charge is 2.31. The molecule has 0 radical (unpaired) electrons.